The molecule has 0 spiro atoms. The lowest BCUT2D eigenvalue weighted by Crippen LogP contribution is -2.47. The molecular weight excluding hydrogens is 355 g/mol. The van der Waals surface area contributed by atoms with Crippen molar-refractivity contribution in [1.29, 1.82) is 0 Å². The Bertz CT molecular complexity index is 767. The van der Waals surface area contributed by atoms with Gasteiger partial charge in [0.25, 0.3) is 0 Å². The molecule has 4 nitrogen and oxygen atoms in total. The first-order valence-corrected chi connectivity index (χ1v) is 9.27. The van der Waals surface area contributed by atoms with E-state index in [0.29, 0.717) is 0 Å². The predicted octanol–water partition coefficient (Wildman–Crippen LogP) is 4.18. The fraction of sp³-hybridized carbons (Fsp3) is 0.450. The van der Waals surface area contributed by atoms with Crippen LogP contribution in [0, 0.1) is 5.92 Å². The average molecular weight is 377 g/mol. The van der Waals surface area contributed by atoms with E-state index in [1.165, 1.54) is 31.5 Å². The minimum Gasteiger partial charge on any atom is -0.406 e. The fourth-order valence-electron chi connectivity index (χ4n) is 3.41. The maximum atomic E-state index is 12.3. The van der Waals surface area contributed by atoms with Crippen molar-refractivity contribution in [2.75, 3.05) is 37.6 Å². The summed E-state index contributed by atoms with van der Waals surface area (Å²) in [5, 5.41) is 0. The summed E-state index contributed by atoms with van der Waals surface area (Å²) in [7, 11) is 0. The summed E-state index contributed by atoms with van der Waals surface area (Å²) in [5.41, 5.74) is 1.50. The van der Waals surface area contributed by atoms with Crippen LogP contribution >= 0.6 is 0 Å². The normalized spacial score (nSPS) is 18.6. The first-order valence-electron chi connectivity index (χ1n) is 9.27. The van der Waals surface area contributed by atoms with Crippen LogP contribution in [0.4, 0.5) is 19.0 Å². The van der Waals surface area contributed by atoms with Gasteiger partial charge in [-0.15, -0.1) is 13.2 Å². The summed E-state index contributed by atoms with van der Waals surface area (Å²) in [6, 6.07) is 11.6. The number of hydrogen-bond donors (Lipinski definition) is 0. The van der Waals surface area contributed by atoms with Gasteiger partial charge in [-0.05, 0) is 55.2 Å². The van der Waals surface area contributed by atoms with Gasteiger partial charge in [-0.25, -0.2) is 4.98 Å². The molecule has 2 aliphatic rings. The van der Waals surface area contributed by atoms with E-state index < -0.39 is 6.36 Å². The molecule has 1 aromatic heterocycles. The zero-order valence-corrected chi connectivity index (χ0v) is 15.0. The lowest BCUT2D eigenvalue weighted by molar-refractivity contribution is -0.274. The Morgan fingerprint density at radius 1 is 0.963 bits per heavy atom. The van der Waals surface area contributed by atoms with Gasteiger partial charge in [0.1, 0.15) is 11.6 Å². The van der Waals surface area contributed by atoms with E-state index in [4.69, 9.17) is 4.98 Å². The van der Waals surface area contributed by atoms with E-state index >= 15 is 0 Å². The molecule has 1 saturated carbocycles. The highest BCUT2D eigenvalue weighted by atomic mass is 19.4. The number of anilines is 1. The highest BCUT2D eigenvalue weighted by Gasteiger charge is 2.31. The number of pyridine rings is 1. The van der Waals surface area contributed by atoms with Crippen molar-refractivity contribution in [3.63, 3.8) is 0 Å². The summed E-state index contributed by atoms with van der Waals surface area (Å²) in [6.45, 7) is 5.20. The summed E-state index contributed by atoms with van der Waals surface area (Å²) in [4.78, 5) is 9.51. The second-order valence-electron chi connectivity index (χ2n) is 7.18. The van der Waals surface area contributed by atoms with Crippen molar-refractivity contribution >= 4 is 5.82 Å². The molecule has 2 heterocycles. The molecule has 144 valence electrons. The molecule has 7 heteroatoms. The molecule has 1 saturated heterocycles. The lowest BCUT2D eigenvalue weighted by atomic mass is 10.1. The molecule has 1 aliphatic carbocycles. The molecule has 0 amide bonds. The number of benzene rings is 1. The Balaban J connectivity index is 1.41. The Morgan fingerprint density at radius 2 is 1.67 bits per heavy atom. The Labute approximate surface area is 156 Å². The number of hydrogen-bond acceptors (Lipinski definition) is 4. The van der Waals surface area contributed by atoms with Gasteiger partial charge in [-0.2, -0.15) is 0 Å². The minimum absolute atomic E-state index is 0.228. The van der Waals surface area contributed by atoms with Crippen LogP contribution in [0.15, 0.2) is 42.5 Å². The first-order chi connectivity index (χ1) is 13.0. The third-order valence-corrected chi connectivity index (χ3v) is 5.03. The van der Waals surface area contributed by atoms with Crippen molar-refractivity contribution in [3.05, 3.63) is 42.5 Å². The van der Waals surface area contributed by atoms with Crippen LogP contribution in [0.1, 0.15) is 12.8 Å². The number of aromatic nitrogens is 1. The predicted molar refractivity (Wildman–Crippen MR) is 97.7 cm³/mol. The average Bonchev–Trinajstić information content (AvgIpc) is 3.46. The van der Waals surface area contributed by atoms with E-state index in [2.05, 4.69) is 14.5 Å². The monoisotopic (exact) mass is 377 g/mol. The van der Waals surface area contributed by atoms with E-state index in [1.807, 2.05) is 18.2 Å². The molecule has 0 atom stereocenters. The van der Waals surface area contributed by atoms with Gasteiger partial charge in [0.15, 0.2) is 0 Å². The standard InChI is InChI=1S/C20H22F3N3O/c21-20(22,23)27-17-8-6-16(7-9-17)18-2-1-3-19(24-18)26-12-10-25(11-13-26)14-15-4-5-15/h1-3,6-9,15H,4-5,10-14H2. The lowest BCUT2D eigenvalue weighted by Gasteiger charge is -2.35. The van der Waals surface area contributed by atoms with Crippen LogP contribution < -0.4 is 9.64 Å². The second kappa shape index (κ2) is 7.38. The maximum absolute atomic E-state index is 12.3. The van der Waals surface area contributed by atoms with Crippen LogP contribution in [0.25, 0.3) is 11.3 Å². The van der Waals surface area contributed by atoms with Gasteiger partial charge in [-0.3, -0.25) is 4.90 Å². The highest BCUT2D eigenvalue weighted by Crippen LogP contribution is 2.30. The molecule has 0 unspecified atom stereocenters. The van der Waals surface area contributed by atoms with Crippen molar-refractivity contribution in [2.45, 2.75) is 19.2 Å². The Kier molecular flexibility index (Phi) is 4.95. The van der Waals surface area contributed by atoms with Gasteiger partial charge < -0.3 is 9.64 Å². The first kappa shape index (κ1) is 18.1. The maximum Gasteiger partial charge on any atom is 0.573 e. The molecule has 1 aliphatic heterocycles. The minimum atomic E-state index is -4.68. The molecule has 4 rings (SSSR count). The molecule has 0 bridgehead atoms. The van der Waals surface area contributed by atoms with Gasteiger partial charge in [0, 0.05) is 38.3 Å². The smallest absolute Gasteiger partial charge is 0.406 e. The quantitative estimate of drug-likeness (QED) is 0.782. The second-order valence-corrected chi connectivity index (χ2v) is 7.18. The summed E-state index contributed by atoms with van der Waals surface area (Å²) in [6.07, 6.45) is -1.94. The Hall–Kier alpha value is -2.28. The third-order valence-electron chi connectivity index (χ3n) is 5.03. The highest BCUT2D eigenvalue weighted by molar-refractivity contribution is 5.62. The SMILES string of the molecule is FC(F)(F)Oc1ccc(-c2cccc(N3CCN(CC4CC4)CC3)n2)cc1. The molecule has 2 fully saturated rings. The Morgan fingerprint density at radius 3 is 2.30 bits per heavy atom. The van der Waals surface area contributed by atoms with Gasteiger partial charge >= 0.3 is 6.36 Å². The number of nitrogens with zero attached hydrogens (tertiary/aromatic N) is 3. The third kappa shape index (κ3) is 4.91. The molecule has 1 aromatic carbocycles. The van der Waals surface area contributed by atoms with Crippen molar-refractivity contribution < 1.29 is 17.9 Å². The van der Waals surface area contributed by atoms with Crippen molar-refractivity contribution in [3.8, 4) is 17.0 Å². The molecule has 0 N–H and O–H groups in total. The fourth-order valence-corrected chi connectivity index (χ4v) is 3.41. The van der Waals surface area contributed by atoms with Crippen molar-refractivity contribution in [2.24, 2.45) is 5.92 Å². The number of ether oxygens (including phenoxy) is 1. The summed E-state index contributed by atoms with van der Waals surface area (Å²) >= 11 is 0. The van der Waals surface area contributed by atoms with Crippen LogP contribution in [-0.2, 0) is 0 Å². The molecule has 27 heavy (non-hydrogen) atoms. The van der Waals surface area contributed by atoms with E-state index in [-0.39, 0.29) is 5.75 Å². The van der Waals surface area contributed by atoms with E-state index in [1.54, 1.807) is 12.1 Å². The van der Waals surface area contributed by atoms with Gasteiger partial charge in [0.2, 0.25) is 0 Å². The molecule has 2 aromatic rings. The molecular formula is C20H22F3N3O. The van der Waals surface area contributed by atoms with E-state index in [9.17, 15) is 13.2 Å². The summed E-state index contributed by atoms with van der Waals surface area (Å²) in [5.74, 6) is 1.59. The summed E-state index contributed by atoms with van der Waals surface area (Å²) < 4.78 is 40.8. The van der Waals surface area contributed by atoms with Crippen LogP contribution in [-0.4, -0.2) is 49.0 Å². The van der Waals surface area contributed by atoms with Crippen LogP contribution in [0.3, 0.4) is 0 Å². The van der Waals surface area contributed by atoms with Gasteiger partial charge in [0.05, 0.1) is 5.69 Å². The largest absolute Gasteiger partial charge is 0.573 e. The van der Waals surface area contributed by atoms with Crippen LogP contribution in [0.2, 0.25) is 0 Å². The zero-order chi connectivity index (χ0) is 18.9. The number of rotatable bonds is 5. The zero-order valence-electron chi connectivity index (χ0n) is 15.0. The number of piperazine rings is 1. The van der Waals surface area contributed by atoms with Gasteiger partial charge in [-0.1, -0.05) is 6.07 Å². The van der Waals surface area contributed by atoms with Crippen molar-refractivity contribution in [1.82, 2.24) is 9.88 Å². The molecule has 0 radical (unpaired) electrons. The van der Waals surface area contributed by atoms with Crippen LogP contribution in [0.5, 0.6) is 5.75 Å². The van der Waals surface area contributed by atoms with E-state index in [0.717, 1.165) is 49.2 Å². The number of halogens is 3. The number of alkyl halides is 3. The topological polar surface area (TPSA) is 28.6 Å².